The Hall–Kier alpha value is -2.93. The van der Waals surface area contributed by atoms with Crippen molar-refractivity contribution in [1.29, 1.82) is 0 Å². The molecule has 1 fully saturated rings. The third kappa shape index (κ3) is 3.82. The maximum absolute atomic E-state index is 13.2. The van der Waals surface area contributed by atoms with Gasteiger partial charge in [-0.2, -0.15) is 0 Å². The van der Waals surface area contributed by atoms with Crippen molar-refractivity contribution in [3.63, 3.8) is 0 Å². The van der Waals surface area contributed by atoms with E-state index in [1.54, 1.807) is 42.5 Å². The number of fused-ring (bicyclic) bond motifs is 1. The lowest BCUT2D eigenvalue weighted by atomic mass is 10.2. The van der Waals surface area contributed by atoms with Crippen LogP contribution in [0.4, 0.5) is 0 Å². The fourth-order valence-electron chi connectivity index (χ4n) is 3.86. The maximum Gasteiger partial charge on any atom is 0.270 e. The molecule has 0 bridgehead atoms. The highest BCUT2D eigenvalue weighted by atomic mass is 32.2. The van der Waals surface area contributed by atoms with Crippen LogP contribution in [0.5, 0.6) is 0 Å². The Kier molecular flexibility index (Phi) is 5.24. The second kappa shape index (κ2) is 7.83. The molecule has 29 heavy (non-hydrogen) atoms. The van der Waals surface area contributed by atoms with Crippen LogP contribution in [0.2, 0.25) is 0 Å². The Morgan fingerprint density at radius 1 is 1.00 bits per heavy atom. The smallest absolute Gasteiger partial charge is 0.270 e. The van der Waals surface area contributed by atoms with Crippen molar-refractivity contribution in [3.8, 4) is 0 Å². The van der Waals surface area contributed by atoms with Crippen molar-refractivity contribution in [3.05, 3.63) is 71.0 Å². The van der Waals surface area contributed by atoms with E-state index in [1.165, 1.54) is 22.8 Å². The van der Waals surface area contributed by atoms with Crippen LogP contribution in [0.1, 0.15) is 25.7 Å². The Balaban J connectivity index is 1.80. The van der Waals surface area contributed by atoms with Gasteiger partial charge in [-0.3, -0.25) is 14.2 Å². The van der Waals surface area contributed by atoms with E-state index in [4.69, 9.17) is 0 Å². The topological polar surface area (TPSA) is 85.2 Å². The molecule has 4 rings (SSSR count). The molecule has 1 amide bonds. The lowest BCUT2D eigenvalue weighted by molar-refractivity contribution is -0.122. The average Bonchev–Trinajstić information content (AvgIpc) is 3.23. The molecular formula is C22H22N2O4S. The van der Waals surface area contributed by atoms with Crippen LogP contribution in [0.15, 0.2) is 75.2 Å². The lowest BCUT2D eigenvalue weighted by Crippen LogP contribution is -2.38. The highest BCUT2D eigenvalue weighted by Gasteiger charge is 2.25. The molecule has 1 aromatic heterocycles. The first-order valence-electron chi connectivity index (χ1n) is 9.69. The number of hydrogen-bond acceptors (Lipinski definition) is 4. The van der Waals surface area contributed by atoms with Crippen LogP contribution in [-0.4, -0.2) is 24.9 Å². The van der Waals surface area contributed by atoms with Gasteiger partial charge in [-0.25, -0.2) is 8.42 Å². The first-order valence-corrected chi connectivity index (χ1v) is 11.2. The Morgan fingerprint density at radius 3 is 2.38 bits per heavy atom. The minimum atomic E-state index is -4.01. The van der Waals surface area contributed by atoms with Crippen molar-refractivity contribution in [2.45, 2.75) is 48.1 Å². The zero-order valence-electron chi connectivity index (χ0n) is 15.9. The normalized spacial score (nSPS) is 14.9. The van der Waals surface area contributed by atoms with Gasteiger partial charge in [-0.15, -0.1) is 0 Å². The van der Waals surface area contributed by atoms with Crippen molar-refractivity contribution in [2.75, 3.05) is 0 Å². The summed E-state index contributed by atoms with van der Waals surface area (Å²) in [6.07, 6.45) is 4.03. The molecule has 0 atom stereocenters. The number of para-hydroxylation sites is 1. The van der Waals surface area contributed by atoms with Gasteiger partial charge in [0.05, 0.1) is 10.4 Å². The van der Waals surface area contributed by atoms with Gasteiger partial charge in [0.1, 0.15) is 11.4 Å². The highest BCUT2D eigenvalue weighted by molar-refractivity contribution is 7.91. The van der Waals surface area contributed by atoms with Crippen LogP contribution in [0, 0.1) is 0 Å². The first kappa shape index (κ1) is 19.4. The summed E-state index contributed by atoms with van der Waals surface area (Å²) in [5.41, 5.74) is -0.153. The molecule has 1 N–H and O–H groups in total. The summed E-state index contributed by atoms with van der Waals surface area (Å²) < 4.78 is 27.5. The number of hydrogen-bond donors (Lipinski definition) is 1. The average molecular weight is 410 g/mol. The third-order valence-corrected chi connectivity index (χ3v) is 7.10. The fourth-order valence-corrected chi connectivity index (χ4v) is 5.26. The van der Waals surface area contributed by atoms with Crippen molar-refractivity contribution < 1.29 is 13.2 Å². The van der Waals surface area contributed by atoms with Crippen LogP contribution < -0.4 is 10.9 Å². The van der Waals surface area contributed by atoms with E-state index in [0.717, 1.165) is 25.7 Å². The lowest BCUT2D eigenvalue weighted by Gasteiger charge is -2.16. The van der Waals surface area contributed by atoms with Crippen LogP contribution >= 0.6 is 0 Å². The Morgan fingerprint density at radius 2 is 1.66 bits per heavy atom. The predicted octanol–water partition coefficient (Wildman–Crippen LogP) is 2.89. The SMILES string of the molecule is O=C(Cn1c(=O)c(S(=O)(=O)c2ccccc2)cc2ccccc21)NC1CCCC1. The van der Waals surface area contributed by atoms with E-state index in [-0.39, 0.29) is 28.3 Å². The van der Waals surface area contributed by atoms with Crippen LogP contribution in [0.3, 0.4) is 0 Å². The molecule has 1 aliphatic carbocycles. The van der Waals surface area contributed by atoms with Gasteiger partial charge in [-0.1, -0.05) is 49.2 Å². The molecule has 0 aliphatic heterocycles. The molecule has 1 saturated carbocycles. The third-order valence-electron chi connectivity index (χ3n) is 5.34. The molecule has 0 unspecified atom stereocenters. The minimum Gasteiger partial charge on any atom is -0.352 e. The standard InChI is InChI=1S/C22H22N2O4S/c25-21(23-17-9-5-6-10-17)15-24-19-13-7-4-8-16(19)14-20(22(24)26)29(27,28)18-11-2-1-3-12-18/h1-4,7-8,11-14,17H,5-6,9-10,15H2,(H,23,25). The second-order valence-corrected chi connectivity index (χ2v) is 9.24. The van der Waals surface area contributed by atoms with E-state index in [9.17, 15) is 18.0 Å². The number of aromatic nitrogens is 1. The molecule has 6 nitrogen and oxygen atoms in total. The van der Waals surface area contributed by atoms with E-state index < -0.39 is 15.4 Å². The number of amides is 1. The molecule has 7 heteroatoms. The molecule has 1 heterocycles. The van der Waals surface area contributed by atoms with Crippen molar-refractivity contribution in [1.82, 2.24) is 9.88 Å². The van der Waals surface area contributed by atoms with E-state index in [2.05, 4.69) is 5.32 Å². The van der Waals surface area contributed by atoms with Crippen LogP contribution in [-0.2, 0) is 21.2 Å². The van der Waals surface area contributed by atoms with Gasteiger partial charge in [-0.05, 0) is 42.5 Å². The number of carbonyl (C=O) groups is 1. The fraction of sp³-hybridized carbons (Fsp3) is 0.273. The minimum absolute atomic E-state index is 0.0503. The summed E-state index contributed by atoms with van der Waals surface area (Å²) in [6.45, 7) is -0.214. The van der Waals surface area contributed by atoms with Gasteiger partial charge in [0.25, 0.3) is 5.56 Å². The summed E-state index contributed by atoms with van der Waals surface area (Å²) in [5, 5.41) is 3.55. The number of rotatable bonds is 5. The van der Waals surface area contributed by atoms with Gasteiger partial charge < -0.3 is 5.32 Å². The first-order chi connectivity index (χ1) is 14.0. The number of pyridine rings is 1. The summed E-state index contributed by atoms with van der Waals surface area (Å²) in [6, 6.07) is 16.4. The number of carbonyl (C=O) groups excluding carboxylic acids is 1. The predicted molar refractivity (Wildman–Crippen MR) is 111 cm³/mol. The molecule has 1 aliphatic rings. The second-order valence-electron chi connectivity index (χ2n) is 7.32. The molecule has 0 radical (unpaired) electrons. The van der Waals surface area contributed by atoms with Gasteiger partial charge in [0.2, 0.25) is 15.7 Å². The molecule has 150 valence electrons. The number of nitrogens with one attached hydrogen (secondary N) is 1. The summed E-state index contributed by atoms with van der Waals surface area (Å²) >= 11 is 0. The summed E-state index contributed by atoms with van der Waals surface area (Å²) in [4.78, 5) is 25.5. The highest BCUT2D eigenvalue weighted by Crippen LogP contribution is 2.22. The van der Waals surface area contributed by atoms with Gasteiger partial charge in [0, 0.05) is 6.04 Å². The van der Waals surface area contributed by atoms with Crippen LogP contribution in [0.25, 0.3) is 10.9 Å². The summed E-state index contributed by atoms with van der Waals surface area (Å²) in [5.74, 6) is -0.279. The maximum atomic E-state index is 13.2. The number of benzene rings is 2. The molecule has 2 aromatic carbocycles. The Labute approximate surface area is 169 Å². The zero-order chi connectivity index (χ0) is 20.4. The van der Waals surface area contributed by atoms with Crippen molar-refractivity contribution in [2.24, 2.45) is 0 Å². The van der Waals surface area contributed by atoms with Crippen molar-refractivity contribution >= 4 is 26.6 Å². The molecular weight excluding hydrogens is 388 g/mol. The quantitative estimate of drug-likeness (QED) is 0.701. The summed E-state index contributed by atoms with van der Waals surface area (Å²) in [7, 11) is -4.01. The van der Waals surface area contributed by atoms with Gasteiger partial charge >= 0.3 is 0 Å². The number of sulfone groups is 1. The monoisotopic (exact) mass is 410 g/mol. The zero-order valence-corrected chi connectivity index (χ0v) is 16.7. The Bertz CT molecular complexity index is 1210. The molecule has 3 aromatic rings. The van der Waals surface area contributed by atoms with Gasteiger partial charge in [0.15, 0.2) is 0 Å². The van der Waals surface area contributed by atoms with E-state index in [1.807, 2.05) is 0 Å². The number of nitrogens with zero attached hydrogens (tertiary/aromatic N) is 1. The molecule has 0 saturated heterocycles. The van der Waals surface area contributed by atoms with E-state index in [0.29, 0.717) is 10.9 Å². The van der Waals surface area contributed by atoms with E-state index >= 15 is 0 Å². The largest absolute Gasteiger partial charge is 0.352 e. The molecule has 0 spiro atoms.